The molecule has 1 heterocycles. The van der Waals surface area contributed by atoms with Crippen LogP contribution in [-0.4, -0.2) is 33.2 Å². The summed E-state index contributed by atoms with van der Waals surface area (Å²) in [5.74, 6) is -1.02. The number of carboxylic acids is 1. The number of aromatic nitrogens is 3. The van der Waals surface area contributed by atoms with Gasteiger partial charge in [-0.05, 0) is 19.1 Å². The second-order valence-corrected chi connectivity index (χ2v) is 3.92. The lowest BCUT2D eigenvalue weighted by molar-refractivity contribution is -0.136. The Balaban J connectivity index is 2.47. The number of aliphatic carboxylic acids is 1. The first kappa shape index (κ1) is 13.0. The molecule has 6 nitrogen and oxygen atoms in total. The van der Waals surface area contributed by atoms with Gasteiger partial charge in [-0.1, -0.05) is 5.21 Å². The van der Waals surface area contributed by atoms with E-state index in [2.05, 4.69) is 10.3 Å². The number of carboxylic acid groups (broad SMARTS) is 1. The molecule has 1 aromatic heterocycles. The summed E-state index contributed by atoms with van der Waals surface area (Å²) in [6, 6.07) is 4.22. The molecule has 0 unspecified atom stereocenters. The van der Waals surface area contributed by atoms with Crippen LogP contribution in [-0.2, 0) is 11.2 Å². The first-order valence-corrected chi connectivity index (χ1v) is 5.50. The van der Waals surface area contributed by atoms with Gasteiger partial charge in [-0.25, -0.2) is 9.07 Å². The van der Waals surface area contributed by atoms with Crippen molar-refractivity contribution in [2.75, 3.05) is 7.11 Å². The third kappa shape index (κ3) is 2.54. The molecule has 7 heteroatoms. The van der Waals surface area contributed by atoms with Crippen LogP contribution in [0, 0.1) is 12.7 Å². The number of ether oxygens (including phenoxy) is 1. The molecule has 0 fully saturated rings. The fourth-order valence-electron chi connectivity index (χ4n) is 1.68. The van der Waals surface area contributed by atoms with Gasteiger partial charge >= 0.3 is 5.97 Å². The quantitative estimate of drug-likeness (QED) is 0.902. The summed E-state index contributed by atoms with van der Waals surface area (Å²) in [5, 5.41) is 16.3. The van der Waals surface area contributed by atoms with Crippen molar-refractivity contribution in [3.63, 3.8) is 0 Å². The first-order valence-electron chi connectivity index (χ1n) is 5.50. The molecule has 0 saturated carbocycles. The zero-order valence-electron chi connectivity index (χ0n) is 10.4. The predicted molar refractivity (Wildman–Crippen MR) is 63.9 cm³/mol. The molecule has 2 aromatic rings. The van der Waals surface area contributed by atoms with Gasteiger partial charge < -0.3 is 9.84 Å². The number of halogens is 1. The van der Waals surface area contributed by atoms with E-state index < -0.39 is 11.8 Å². The summed E-state index contributed by atoms with van der Waals surface area (Å²) >= 11 is 0. The van der Waals surface area contributed by atoms with E-state index in [-0.39, 0.29) is 12.1 Å². The molecule has 0 spiro atoms. The highest BCUT2D eigenvalue weighted by atomic mass is 19.1. The van der Waals surface area contributed by atoms with Crippen molar-refractivity contribution in [1.29, 1.82) is 0 Å². The van der Waals surface area contributed by atoms with Crippen molar-refractivity contribution < 1.29 is 19.0 Å². The molecular formula is C12H12FN3O3. The van der Waals surface area contributed by atoms with Gasteiger partial charge in [-0.15, -0.1) is 5.10 Å². The Bertz CT molecular complexity index is 625. The molecule has 19 heavy (non-hydrogen) atoms. The van der Waals surface area contributed by atoms with Gasteiger partial charge in [0.15, 0.2) is 0 Å². The Kier molecular flexibility index (Phi) is 3.46. The third-order valence-corrected chi connectivity index (χ3v) is 2.69. The minimum atomic E-state index is -1.01. The summed E-state index contributed by atoms with van der Waals surface area (Å²) in [4.78, 5) is 10.7. The highest BCUT2D eigenvalue weighted by Gasteiger charge is 2.16. The summed E-state index contributed by atoms with van der Waals surface area (Å²) in [6.45, 7) is 1.64. The average Bonchev–Trinajstić information content (AvgIpc) is 2.71. The van der Waals surface area contributed by atoms with Crippen molar-refractivity contribution in [2.45, 2.75) is 13.3 Å². The van der Waals surface area contributed by atoms with E-state index in [4.69, 9.17) is 9.84 Å². The van der Waals surface area contributed by atoms with Crippen molar-refractivity contribution in [3.05, 3.63) is 35.4 Å². The summed E-state index contributed by atoms with van der Waals surface area (Å²) in [6.07, 6.45) is -0.253. The molecule has 0 aliphatic carbocycles. The topological polar surface area (TPSA) is 77.2 Å². The number of rotatable bonds is 4. The Morgan fingerprint density at radius 3 is 2.89 bits per heavy atom. The molecule has 1 aromatic carbocycles. The SMILES string of the molecule is COc1ccc(F)c(-n2nnc(CC(=O)O)c2C)c1. The van der Waals surface area contributed by atoms with Gasteiger partial charge in [0.05, 0.1) is 24.9 Å². The smallest absolute Gasteiger partial charge is 0.309 e. The van der Waals surface area contributed by atoms with Crippen molar-refractivity contribution in [1.82, 2.24) is 15.0 Å². The molecule has 0 saturated heterocycles. The van der Waals surface area contributed by atoms with Crippen LogP contribution in [0.15, 0.2) is 18.2 Å². The fraction of sp³-hybridized carbons (Fsp3) is 0.250. The van der Waals surface area contributed by atoms with E-state index in [9.17, 15) is 9.18 Å². The van der Waals surface area contributed by atoms with E-state index in [1.54, 1.807) is 6.92 Å². The molecular weight excluding hydrogens is 253 g/mol. The minimum Gasteiger partial charge on any atom is -0.497 e. The highest BCUT2D eigenvalue weighted by Crippen LogP contribution is 2.21. The Morgan fingerprint density at radius 1 is 1.53 bits per heavy atom. The number of hydrogen-bond acceptors (Lipinski definition) is 4. The van der Waals surface area contributed by atoms with Crippen LogP contribution in [0.4, 0.5) is 4.39 Å². The minimum absolute atomic E-state index is 0.168. The molecule has 0 aliphatic rings. The molecule has 0 atom stereocenters. The van der Waals surface area contributed by atoms with Gasteiger partial charge in [-0.3, -0.25) is 4.79 Å². The fourth-order valence-corrected chi connectivity index (χ4v) is 1.68. The van der Waals surface area contributed by atoms with Crippen molar-refractivity contribution in [2.24, 2.45) is 0 Å². The number of nitrogens with zero attached hydrogens (tertiary/aromatic N) is 3. The van der Waals surface area contributed by atoms with E-state index in [1.807, 2.05) is 0 Å². The zero-order valence-corrected chi connectivity index (χ0v) is 10.4. The van der Waals surface area contributed by atoms with Crippen LogP contribution in [0.3, 0.4) is 0 Å². The summed E-state index contributed by atoms with van der Waals surface area (Å²) < 4.78 is 20.1. The molecule has 100 valence electrons. The molecule has 1 N–H and O–H groups in total. The van der Waals surface area contributed by atoms with Gasteiger partial charge in [0, 0.05) is 6.07 Å². The highest BCUT2D eigenvalue weighted by molar-refractivity contribution is 5.69. The lowest BCUT2D eigenvalue weighted by atomic mass is 10.2. The van der Waals surface area contributed by atoms with Gasteiger partial charge in [0.1, 0.15) is 17.3 Å². The predicted octanol–water partition coefficient (Wildman–Crippen LogP) is 1.35. The Hall–Kier alpha value is -2.44. The van der Waals surface area contributed by atoms with E-state index in [1.165, 1.54) is 30.0 Å². The van der Waals surface area contributed by atoms with Crippen molar-refractivity contribution in [3.8, 4) is 11.4 Å². The maximum atomic E-state index is 13.8. The lowest BCUT2D eigenvalue weighted by Crippen LogP contribution is -2.05. The van der Waals surface area contributed by atoms with E-state index >= 15 is 0 Å². The zero-order chi connectivity index (χ0) is 14.0. The number of carbonyl (C=O) groups is 1. The maximum absolute atomic E-state index is 13.8. The summed E-state index contributed by atoms with van der Waals surface area (Å²) in [5.41, 5.74) is 0.949. The van der Waals surface area contributed by atoms with E-state index in [0.29, 0.717) is 17.1 Å². The van der Waals surface area contributed by atoms with Crippen LogP contribution in [0.1, 0.15) is 11.4 Å². The van der Waals surface area contributed by atoms with Crippen LogP contribution < -0.4 is 4.74 Å². The molecule has 0 bridgehead atoms. The first-order chi connectivity index (χ1) is 9.02. The number of benzene rings is 1. The van der Waals surface area contributed by atoms with Gasteiger partial charge in [-0.2, -0.15) is 0 Å². The Morgan fingerprint density at radius 2 is 2.26 bits per heavy atom. The lowest BCUT2D eigenvalue weighted by Gasteiger charge is -2.07. The number of hydrogen-bond donors (Lipinski definition) is 1. The van der Waals surface area contributed by atoms with Gasteiger partial charge in [0.25, 0.3) is 0 Å². The third-order valence-electron chi connectivity index (χ3n) is 2.69. The second kappa shape index (κ2) is 5.05. The van der Waals surface area contributed by atoms with Crippen LogP contribution >= 0.6 is 0 Å². The molecule has 0 radical (unpaired) electrons. The normalized spacial score (nSPS) is 10.5. The van der Waals surface area contributed by atoms with Gasteiger partial charge in [0.2, 0.25) is 0 Å². The largest absolute Gasteiger partial charge is 0.497 e. The second-order valence-electron chi connectivity index (χ2n) is 3.92. The van der Waals surface area contributed by atoms with E-state index in [0.717, 1.165) is 0 Å². The maximum Gasteiger partial charge on any atom is 0.309 e. The van der Waals surface area contributed by atoms with Crippen molar-refractivity contribution >= 4 is 5.97 Å². The summed E-state index contributed by atoms with van der Waals surface area (Å²) in [7, 11) is 1.47. The average molecular weight is 265 g/mol. The van der Waals surface area contributed by atoms with Crippen LogP contribution in [0.5, 0.6) is 5.75 Å². The molecule has 0 aliphatic heterocycles. The van der Waals surface area contributed by atoms with Crippen LogP contribution in [0.2, 0.25) is 0 Å². The number of methoxy groups -OCH3 is 1. The molecule has 2 rings (SSSR count). The standard InChI is InChI=1S/C12H12FN3O3/c1-7-10(6-12(17)18)14-15-16(7)11-5-8(19-2)3-4-9(11)13/h3-5H,6H2,1-2H3,(H,17,18). The molecule has 0 amide bonds. The monoisotopic (exact) mass is 265 g/mol. The Labute approximate surface area is 108 Å². The van der Waals surface area contributed by atoms with Crippen LogP contribution in [0.25, 0.3) is 5.69 Å².